The van der Waals surface area contributed by atoms with Crippen molar-refractivity contribution in [3.05, 3.63) is 12.5 Å². The van der Waals surface area contributed by atoms with Crippen LogP contribution >= 0.6 is 0 Å². The molecule has 78 valence electrons. The molecule has 0 radical (unpaired) electrons. The SMILES string of the molecule is C1=COCCOCCOCCO1.[I-].[Li+]. The van der Waals surface area contributed by atoms with Crippen LogP contribution in [0.5, 0.6) is 0 Å². The molecule has 0 aromatic carbocycles. The zero-order chi connectivity index (χ0) is 8.49. The van der Waals surface area contributed by atoms with Gasteiger partial charge in [0.2, 0.25) is 0 Å². The smallest absolute Gasteiger partial charge is 1.00 e. The second-order valence-electron chi connectivity index (χ2n) is 2.24. The Morgan fingerprint density at radius 3 is 1.43 bits per heavy atom. The van der Waals surface area contributed by atoms with Crippen LogP contribution in [0.15, 0.2) is 12.5 Å². The Labute approximate surface area is 113 Å². The number of halogens is 1. The van der Waals surface area contributed by atoms with Gasteiger partial charge in [-0.3, -0.25) is 0 Å². The first-order chi connectivity index (χ1) is 6.00. The van der Waals surface area contributed by atoms with E-state index >= 15 is 0 Å². The van der Waals surface area contributed by atoms with Crippen molar-refractivity contribution in [2.24, 2.45) is 0 Å². The molecule has 4 nitrogen and oxygen atoms in total. The Balaban J connectivity index is 0. The van der Waals surface area contributed by atoms with Crippen molar-refractivity contribution in [1.29, 1.82) is 0 Å². The molecule has 0 saturated carbocycles. The van der Waals surface area contributed by atoms with Crippen LogP contribution in [0, 0.1) is 0 Å². The number of hydrogen-bond acceptors (Lipinski definition) is 4. The van der Waals surface area contributed by atoms with Crippen molar-refractivity contribution in [2.75, 3.05) is 39.6 Å². The monoisotopic (exact) mass is 308 g/mol. The van der Waals surface area contributed by atoms with E-state index < -0.39 is 0 Å². The van der Waals surface area contributed by atoms with Crippen molar-refractivity contribution in [3.8, 4) is 0 Å². The van der Waals surface area contributed by atoms with Crippen LogP contribution in [0.3, 0.4) is 0 Å². The van der Waals surface area contributed by atoms with Gasteiger partial charge in [-0.25, -0.2) is 0 Å². The Morgan fingerprint density at radius 1 is 0.643 bits per heavy atom. The summed E-state index contributed by atoms with van der Waals surface area (Å²) in [4.78, 5) is 0. The molecule has 0 unspecified atom stereocenters. The second kappa shape index (κ2) is 13.6. The summed E-state index contributed by atoms with van der Waals surface area (Å²) in [6, 6.07) is 0. The maximum absolute atomic E-state index is 5.18. The Bertz CT molecular complexity index is 121. The van der Waals surface area contributed by atoms with Gasteiger partial charge in [-0.05, 0) is 0 Å². The quantitative estimate of drug-likeness (QED) is 0.331. The van der Waals surface area contributed by atoms with Gasteiger partial charge in [0.1, 0.15) is 25.7 Å². The van der Waals surface area contributed by atoms with Gasteiger partial charge in [-0.15, -0.1) is 0 Å². The van der Waals surface area contributed by atoms with E-state index in [1.54, 1.807) is 0 Å². The number of hydrogen-bond donors (Lipinski definition) is 0. The molecule has 0 bridgehead atoms. The predicted octanol–water partition coefficient (Wildman–Crippen LogP) is -5.45. The Kier molecular flexibility index (Phi) is 16.5. The van der Waals surface area contributed by atoms with Crippen molar-refractivity contribution in [3.63, 3.8) is 0 Å². The van der Waals surface area contributed by atoms with Crippen LogP contribution in [0.4, 0.5) is 0 Å². The molecule has 1 aliphatic heterocycles. The fourth-order valence-electron chi connectivity index (χ4n) is 0.751. The van der Waals surface area contributed by atoms with Crippen LogP contribution < -0.4 is 42.8 Å². The summed E-state index contributed by atoms with van der Waals surface area (Å²) in [5.41, 5.74) is 0. The number of rotatable bonds is 0. The van der Waals surface area contributed by atoms with Crippen LogP contribution in [0.25, 0.3) is 0 Å². The summed E-state index contributed by atoms with van der Waals surface area (Å²) < 4.78 is 20.4. The average Bonchev–Trinajstić information content (AvgIpc) is 2.05. The van der Waals surface area contributed by atoms with Gasteiger partial charge >= 0.3 is 18.9 Å². The minimum absolute atomic E-state index is 0. The van der Waals surface area contributed by atoms with Crippen molar-refractivity contribution in [1.82, 2.24) is 0 Å². The van der Waals surface area contributed by atoms with Crippen LogP contribution in [0.1, 0.15) is 0 Å². The van der Waals surface area contributed by atoms with E-state index in [1.165, 1.54) is 12.5 Å². The molecule has 0 amide bonds. The third-order valence-corrected chi connectivity index (χ3v) is 1.31. The van der Waals surface area contributed by atoms with E-state index in [2.05, 4.69) is 0 Å². The predicted molar refractivity (Wildman–Crippen MR) is 42.7 cm³/mol. The molecule has 14 heavy (non-hydrogen) atoms. The first kappa shape index (κ1) is 17.0. The molecular formula is C8H14ILiO4. The zero-order valence-electron chi connectivity index (χ0n) is 8.41. The zero-order valence-corrected chi connectivity index (χ0v) is 10.6. The van der Waals surface area contributed by atoms with Crippen molar-refractivity contribution in [2.45, 2.75) is 0 Å². The third-order valence-electron chi connectivity index (χ3n) is 1.31. The largest absolute Gasteiger partial charge is 1.00 e. The molecule has 0 fully saturated rings. The van der Waals surface area contributed by atoms with E-state index in [4.69, 9.17) is 18.9 Å². The van der Waals surface area contributed by atoms with E-state index in [0.717, 1.165) is 0 Å². The molecule has 0 aliphatic carbocycles. The molecule has 6 heteroatoms. The van der Waals surface area contributed by atoms with Gasteiger partial charge in [0.15, 0.2) is 0 Å². The first-order valence-corrected chi connectivity index (χ1v) is 4.04. The summed E-state index contributed by atoms with van der Waals surface area (Å²) in [5, 5.41) is 0. The fraction of sp³-hybridized carbons (Fsp3) is 0.750. The third kappa shape index (κ3) is 10.7. The molecule has 1 aliphatic rings. The molecule has 0 saturated heterocycles. The topological polar surface area (TPSA) is 36.9 Å². The van der Waals surface area contributed by atoms with E-state index in [0.29, 0.717) is 39.6 Å². The minimum atomic E-state index is 0. The fourth-order valence-corrected chi connectivity index (χ4v) is 0.751. The van der Waals surface area contributed by atoms with Gasteiger partial charge in [0.05, 0.1) is 26.4 Å². The minimum Gasteiger partial charge on any atom is -1.00 e. The van der Waals surface area contributed by atoms with E-state index in [-0.39, 0.29) is 42.8 Å². The Morgan fingerprint density at radius 2 is 1.00 bits per heavy atom. The van der Waals surface area contributed by atoms with Gasteiger partial charge in [0.25, 0.3) is 0 Å². The van der Waals surface area contributed by atoms with E-state index in [9.17, 15) is 0 Å². The summed E-state index contributed by atoms with van der Waals surface area (Å²) in [7, 11) is 0. The standard InChI is InChI=1S/C8H14O4.HI.Li/c1-2-10-5-6-12-8-7-11-4-3-9-1;;/h1-2H,3-8H2;1H;/q;;+1/p-1. The molecule has 0 aromatic rings. The molecule has 1 rings (SSSR count). The van der Waals surface area contributed by atoms with Crippen LogP contribution in [-0.4, -0.2) is 39.6 Å². The molecule has 0 spiro atoms. The van der Waals surface area contributed by atoms with Gasteiger partial charge < -0.3 is 42.9 Å². The van der Waals surface area contributed by atoms with Crippen LogP contribution in [0.2, 0.25) is 0 Å². The second-order valence-corrected chi connectivity index (χ2v) is 2.24. The van der Waals surface area contributed by atoms with Gasteiger partial charge in [-0.1, -0.05) is 0 Å². The normalized spacial score (nSPS) is 18.3. The molecule has 0 N–H and O–H groups in total. The average molecular weight is 308 g/mol. The molecule has 1 heterocycles. The summed E-state index contributed by atoms with van der Waals surface area (Å²) in [5.74, 6) is 0. The molecular weight excluding hydrogens is 294 g/mol. The van der Waals surface area contributed by atoms with Gasteiger partial charge in [-0.2, -0.15) is 0 Å². The maximum atomic E-state index is 5.18. The van der Waals surface area contributed by atoms with Gasteiger partial charge in [0, 0.05) is 0 Å². The maximum Gasteiger partial charge on any atom is 1.00 e. The van der Waals surface area contributed by atoms with Crippen molar-refractivity contribution >= 4 is 0 Å². The summed E-state index contributed by atoms with van der Waals surface area (Å²) in [6.45, 7) is 3.53. The van der Waals surface area contributed by atoms with Crippen LogP contribution in [-0.2, 0) is 18.9 Å². The Hall–Kier alpha value is 0.587. The number of ether oxygens (including phenoxy) is 4. The molecule has 0 aromatic heterocycles. The van der Waals surface area contributed by atoms with E-state index in [1.807, 2.05) is 0 Å². The first-order valence-electron chi connectivity index (χ1n) is 4.04. The summed E-state index contributed by atoms with van der Waals surface area (Å²) in [6.07, 6.45) is 3.04. The van der Waals surface area contributed by atoms with Crippen molar-refractivity contribution < 1.29 is 61.8 Å². The molecule has 0 atom stereocenters. The summed E-state index contributed by atoms with van der Waals surface area (Å²) >= 11 is 0.